The minimum atomic E-state index is 0.701. The summed E-state index contributed by atoms with van der Waals surface area (Å²) in [6, 6.07) is 0. The second-order valence-electron chi connectivity index (χ2n) is 2.32. The van der Waals surface area contributed by atoms with Crippen LogP contribution >= 0.6 is 24.4 Å². The minimum Gasteiger partial charge on any atom is -0.176 e. The lowest BCUT2D eigenvalue weighted by atomic mass is 10.4. The Balaban J connectivity index is 2.22. The predicted octanol–water partition coefficient (Wildman–Crippen LogP) is 2.20. The van der Waals surface area contributed by atoms with Gasteiger partial charge in [0.1, 0.15) is 0 Å². The van der Waals surface area contributed by atoms with Gasteiger partial charge >= 0.3 is 0 Å². The summed E-state index contributed by atoms with van der Waals surface area (Å²) in [5, 5.41) is 1.62. The Bertz CT molecular complexity index is 72.9. The van der Waals surface area contributed by atoms with Crippen molar-refractivity contribution in [1.82, 2.24) is 0 Å². The van der Waals surface area contributed by atoms with E-state index in [1.54, 1.807) is 0 Å². The van der Waals surface area contributed by atoms with Crippen LogP contribution in [0, 0.1) is 0 Å². The molecule has 2 heteroatoms. The molecule has 0 amide bonds. The fourth-order valence-corrected chi connectivity index (χ4v) is 2.47. The zero-order chi connectivity index (χ0) is 5.98. The third kappa shape index (κ3) is 1.59. The lowest BCUT2D eigenvalue weighted by molar-refractivity contribution is 0.905. The van der Waals surface area contributed by atoms with Crippen molar-refractivity contribution in [2.45, 2.75) is 29.8 Å². The summed E-state index contributed by atoms with van der Waals surface area (Å²) < 4.78 is 0. The van der Waals surface area contributed by atoms with Crippen molar-refractivity contribution in [1.29, 1.82) is 0 Å². The molecule has 0 aromatic heterocycles. The number of hydrogen-bond acceptors (Lipinski definition) is 2. The van der Waals surface area contributed by atoms with E-state index in [1.165, 1.54) is 19.3 Å². The Labute approximate surface area is 60.8 Å². The summed E-state index contributed by atoms with van der Waals surface area (Å²) in [6.45, 7) is 0. The maximum atomic E-state index is 4.39. The summed E-state index contributed by atoms with van der Waals surface area (Å²) in [7, 11) is 0. The molecule has 0 aromatic rings. The Hall–Kier alpha value is 0.700. The second kappa shape index (κ2) is 3.02. The molecule has 1 saturated carbocycles. The van der Waals surface area contributed by atoms with E-state index in [-0.39, 0.29) is 0 Å². The molecule has 0 N–H and O–H groups in total. The SMILES string of the molecule is CSC1CCC(S)C1. The van der Waals surface area contributed by atoms with E-state index in [2.05, 4.69) is 18.9 Å². The zero-order valence-corrected chi connectivity index (χ0v) is 6.84. The summed E-state index contributed by atoms with van der Waals surface area (Å²) in [4.78, 5) is 0. The van der Waals surface area contributed by atoms with Gasteiger partial charge in [0.15, 0.2) is 0 Å². The quantitative estimate of drug-likeness (QED) is 0.556. The van der Waals surface area contributed by atoms with E-state index in [9.17, 15) is 0 Å². The second-order valence-corrected chi connectivity index (χ2v) is 4.19. The molecule has 0 radical (unpaired) electrons. The highest BCUT2D eigenvalue weighted by molar-refractivity contribution is 7.99. The molecule has 0 heterocycles. The van der Waals surface area contributed by atoms with Crippen LogP contribution in [-0.4, -0.2) is 16.8 Å². The molecule has 0 bridgehead atoms. The van der Waals surface area contributed by atoms with E-state index in [1.807, 2.05) is 11.8 Å². The molecule has 1 fully saturated rings. The van der Waals surface area contributed by atoms with Gasteiger partial charge in [0, 0.05) is 10.5 Å². The molecule has 2 unspecified atom stereocenters. The normalized spacial score (nSPS) is 38.2. The molecule has 0 aromatic carbocycles. The van der Waals surface area contributed by atoms with E-state index in [0.29, 0.717) is 5.25 Å². The number of thiol groups is 1. The predicted molar refractivity (Wildman–Crippen MR) is 43.9 cm³/mol. The third-order valence-corrected chi connectivity index (χ3v) is 3.25. The van der Waals surface area contributed by atoms with Gasteiger partial charge in [-0.1, -0.05) is 0 Å². The highest BCUT2D eigenvalue weighted by atomic mass is 32.2. The van der Waals surface area contributed by atoms with Crippen LogP contribution in [-0.2, 0) is 0 Å². The average molecular weight is 148 g/mol. The molecular weight excluding hydrogens is 136 g/mol. The molecule has 0 spiro atoms. The van der Waals surface area contributed by atoms with Crippen LogP contribution in [0.4, 0.5) is 0 Å². The molecule has 0 saturated heterocycles. The summed E-state index contributed by atoms with van der Waals surface area (Å²) in [5.41, 5.74) is 0. The molecule has 1 aliphatic carbocycles. The Morgan fingerprint density at radius 3 is 2.50 bits per heavy atom. The van der Waals surface area contributed by atoms with Gasteiger partial charge in [-0.15, -0.1) is 0 Å². The third-order valence-electron chi connectivity index (χ3n) is 1.69. The fraction of sp³-hybridized carbons (Fsp3) is 1.00. The van der Waals surface area contributed by atoms with E-state index >= 15 is 0 Å². The van der Waals surface area contributed by atoms with E-state index in [4.69, 9.17) is 0 Å². The first-order valence-electron chi connectivity index (χ1n) is 3.04. The summed E-state index contributed by atoms with van der Waals surface area (Å²) in [5.74, 6) is 0. The molecule has 1 aliphatic rings. The summed E-state index contributed by atoms with van der Waals surface area (Å²) in [6.07, 6.45) is 6.23. The van der Waals surface area contributed by atoms with Gasteiger partial charge in [-0.3, -0.25) is 0 Å². The van der Waals surface area contributed by atoms with Gasteiger partial charge < -0.3 is 0 Å². The van der Waals surface area contributed by atoms with Crippen molar-refractivity contribution in [2.75, 3.05) is 6.26 Å². The number of hydrogen-bond donors (Lipinski definition) is 1. The smallest absolute Gasteiger partial charge is 0.00551 e. The summed E-state index contributed by atoms with van der Waals surface area (Å²) >= 11 is 6.38. The maximum Gasteiger partial charge on any atom is 0.00551 e. The molecule has 0 aliphatic heterocycles. The van der Waals surface area contributed by atoms with Crippen LogP contribution in [0.5, 0.6) is 0 Å². The zero-order valence-electron chi connectivity index (χ0n) is 5.13. The van der Waals surface area contributed by atoms with Crippen molar-refractivity contribution in [3.8, 4) is 0 Å². The van der Waals surface area contributed by atoms with E-state index in [0.717, 1.165) is 5.25 Å². The van der Waals surface area contributed by atoms with Gasteiger partial charge in [-0.25, -0.2) is 0 Å². The lowest BCUT2D eigenvalue weighted by Gasteiger charge is -2.01. The Kier molecular flexibility index (Phi) is 2.57. The molecule has 1 rings (SSSR count). The van der Waals surface area contributed by atoms with Crippen LogP contribution in [0.3, 0.4) is 0 Å². The highest BCUT2D eigenvalue weighted by Gasteiger charge is 2.20. The van der Waals surface area contributed by atoms with Crippen LogP contribution in [0.1, 0.15) is 19.3 Å². The first kappa shape index (κ1) is 6.81. The van der Waals surface area contributed by atoms with E-state index < -0.39 is 0 Å². The van der Waals surface area contributed by atoms with Crippen LogP contribution in [0.15, 0.2) is 0 Å². The van der Waals surface area contributed by atoms with Crippen molar-refractivity contribution in [2.24, 2.45) is 0 Å². The first-order chi connectivity index (χ1) is 3.83. The molecule has 0 nitrogen and oxygen atoms in total. The van der Waals surface area contributed by atoms with Crippen LogP contribution in [0.25, 0.3) is 0 Å². The number of rotatable bonds is 1. The Morgan fingerprint density at radius 2 is 2.25 bits per heavy atom. The van der Waals surface area contributed by atoms with Crippen molar-refractivity contribution >= 4 is 24.4 Å². The van der Waals surface area contributed by atoms with Crippen LogP contribution in [0.2, 0.25) is 0 Å². The first-order valence-corrected chi connectivity index (χ1v) is 4.84. The highest BCUT2D eigenvalue weighted by Crippen LogP contribution is 2.30. The fourth-order valence-electron chi connectivity index (χ4n) is 1.13. The van der Waals surface area contributed by atoms with Crippen molar-refractivity contribution in [3.63, 3.8) is 0 Å². The minimum absolute atomic E-state index is 0.701. The van der Waals surface area contributed by atoms with Gasteiger partial charge in [0.2, 0.25) is 0 Å². The van der Waals surface area contributed by atoms with Gasteiger partial charge in [0.05, 0.1) is 0 Å². The Morgan fingerprint density at radius 1 is 1.50 bits per heavy atom. The largest absolute Gasteiger partial charge is 0.176 e. The standard InChI is InChI=1S/C6H12S2/c1-8-6-3-2-5(7)4-6/h5-7H,2-4H2,1H3. The molecule has 8 heavy (non-hydrogen) atoms. The van der Waals surface area contributed by atoms with Gasteiger partial charge in [-0.2, -0.15) is 24.4 Å². The van der Waals surface area contributed by atoms with Crippen molar-refractivity contribution in [3.05, 3.63) is 0 Å². The molecular formula is C6H12S2. The molecule has 2 atom stereocenters. The average Bonchev–Trinajstić information content (AvgIpc) is 2.14. The van der Waals surface area contributed by atoms with Crippen molar-refractivity contribution < 1.29 is 0 Å². The van der Waals surface area contributed by atoms with Crippen LogP contribution < -0.4 is 0 Å². The monoisotopic (exact) mass is 148 g/mol. The topological polar surface area (TPSA) is 0 Å². The maximum absolute atomic E-state index is 4.39. The molecule has 48 valence electrons. The number of thioether (sulfide) groups is 1. The van der Waals surface area contributed by atoms with Gasteiger partial charge in [-0.05, 0) is 25.5 Å². The van der Waals surface area contributed by atoms with Gasteiger partial charge in [0.25, 0.3) is 0 Å². The lowest BCUT2D eigenvalue weighted by Crippen LogP contribution is -1.94.